The van der Waals surface area contributed by atoms with Gasteiger partial charge in [-0.1, -0.05) is 6.07 Å². The lowest BCUT2D eigenvalue weighted by molar-refractivity contribution is 0.102. The first kappa shape index (κ1) is 24.7. The van der Waals surface area contributed by atoms with Gasteiger partial charge in [-0.05, 0) is 66.9 Å². The van der Waals surface area contributed by atoms with Crippen LogP contribution in [0.25, 0.3) is 0 Å². The van der Waals surface area contributed by atoms with E-state index in [0.717, 1.165) is 16.9 Å². The van der Waals surface area contributed by atoms with E-state index in [0.29, 0.717) is 35.9 Å². The second-order valence-corrected chi connectivity index (χ2v) is 10.2. The van der Waals surface area contributed by atoms with E-state index in [1.54, 1.807) is 42.9 Å². The first-order chi connectivity index (χ1) is 17.4. The smallest absolute Gasteiger partial charge is 0.257 e. The zero-order valence-electron chi connectivity index (χ0n) is 19.5. The standard InChI is InChI=1S/C25H25N7O3S/c1-36(34,35)17-29-23-18(4-3-14-27-23)6-7-22-12-15-28-25(32-22)31-21-10-8-20(9-11-21)30-24(33)19-5-2-13-26-16-19/h2-5,8-16H,6-7,17H2,1H3,(H,27,29)(H,30,33)(H,28,31,32). The molecule has 1 amide bonds. The van der Waals surface area contributed by atoms with Gasteiger partial charge in [0.1, 0.15) is 11.7 Å². The summed E-state index contributed by atoms with van der Waals surface area (Å²) >= 11 is 0. The van der Waals surface area contributed by atoms with Crippen LogP contribution in [0.4, 0.5) is 23.1 Å². The summed E-state index contributed by atoms with van der Waals surface area (Å²) in [4.78, 5) is 29.3. The molecule has 0 aliphatic heterocycles. The highest BCUT2D eigenvalue weighted by molar-refractivity contribution is 7.90. The lowest BCUT2D eigenvalue weighted by Crippen LogP contribution is -2.14. The molecule has 0 aliphatic carbocycles. The Hall–Kier alpha value is -4.38. The van der Waals surface area contributed by atoms with Crippen molar-refractivity contribution in [2.45, 2.75) is 12.8 Å². The summed E-state index contributed by atoms with van der Waals surface area (Å²) < 4.78 is 22.9. The molecule has 0 atom stereocenters. The number of amides is 1. The second kappa shape index (κ2) is 11.4. The minimum Gasteiger partial charge on any atom is -0.356 e. The van der Waals surface area contributed by atoms with Gasteiger partial charge in [0.2, 0.25) is 5.95 Å². The maximum atomic E-state index is 12.3. The number of benzene rings is 1. The van der Waals surface area contributed by atoms with Gasteiger partial charge in [-0.15, -0.1) is 0 Å². The van der Waals surface area contributed by atoms with Crippen molar-refractivity contribution in [3.8, 4) is 0 Å². The average molecular weight is 504 g/mol. The van der Waals surface area contributed by atoms with Gasteiger partial charge in [0, 0.05) is 48.1 Å². The van der Waals surface area contributed by atoms with E-state index in [-0.39, 0.29) is 11.8 Å². The second-order valence-electron chi connectivity index (χ2n) is 8.03. The quantitative estimate of drug-likeness (QED) is 0.297. The number of anilines is 4. The van der Waals surface area contributed by atoms with E-state index in [4.69, 9.17) is 0 Å². The summed E-state index contributed by atoms with van der Waals surface area (Å²) in [7, 11) is -3.17. The number of nitrogens with one attached hydrogen (secondary N) is 3. The predicted octanol–water partition coefficient (Wildman–Crippen LogP) is 3.46. The molecule has 184 valence electrons. The highest BCUT2D eigenvalue weighted by atomic mass is 32.2. The first-order valence-electron chi connectivity index (χ1n) is 11.1. The van der Waals surface area contributed by atoms with Gasteiger partial charge in [-0.3, -0.25) is 9.78 Å². The van der Waals surface area contributed by atoms with E-state index in [1.165, 1.54) is 12.5 Å². The third-order valence-corrected chi connectivity index (χ3v) is 5.75. The number of nitrogens with zero attached hydrogens (tertiary/aromatic N) is 4. The predicted molar refractivity (Wildman–Crippen MR) is 139 cm³/mol. The molecule has 4 rings (SSSR count). The molecule has 0 radical (unpaired) electrons. The summed E-state index contributed by atoms with van der Waals surface area (Å²) in [5.41, 5.74) is 3.63. The Morgan fingerprint density at radius 1 is 0.889 bits per heavy atom. The van der Waals surface area contributed by atoms with Crippen molar-refractivity contribution in [3.63, 3.8) is 0 Å². The minimum atomic E-state index is -3.17. The number of rotatable bonds is 10. The zero-order chi connectivity index (χ0) is 25.4. The Kier molecular flexibility index (Phi) is 7.81. The van der Waals surface area contributed by atoms with Gasteiger partial charge in [0.25, 0.3) is 5.91 Å². The highest BCUT2D eigenvalue weighted by Crippen LogP contribution is 2.19. The monoisotopic (exact) mass is 503 g/mol. The molecule has 0 saturated heterocycles. The molecular weight excluding hydrogens is 478 g/mol. The van der Waals surface area contributed by atoms with Crippen molar-refractivity contribution in [1.82, 2.24) is 19.9 Å². The van der Waals surface area contributed by atoms with Crippen molar-refractivity contribution in [1.29, 1.82) is 0 Å². The van der Waals surface area contributed by atoms with Crippen LogP contribution in [0, 0.1) is 0 Å². The van der Waals surface area contributed by atoms with Crippen molar-refractivity contribution in [2.24, 2.45) is 0 Å². The maximum absolute atomic E-state index is 12.3. The van der Waals surface area contributed by atoms with E-state index in [2.05, 4.69) is 35.9 Å². The third-order valence-electron chi connectivity index (χ3n) is 5.08. The summed E-state index contributed by atoms with van der Waals surface area (Å²) in [5, 5.41) is 8.88. The van der Waals surface area contributed by atoms with Gasteiger partial charge in [-0.25, -0.2) is 23.4 Å². The molecule has 0 fully saturated rings. The fourth-order valence-electron chi connectivity index (χ4n) is 3.32. The molecule has 0 bridgehead atoms. The lowest BCUT2D eigenvalue weighted by Gasteiger charge is -2.11. The Bertz CT molecular complexity index is 1430. The SMILES string of the molecule is CS(=O)(=O)CNc1ncccc1CCc1ccnc(Nc2ccc(NC(=O)c3cccnc3)cc2)n1. The number of hydrogen-bond acceptors (Lipinski definition) is 9. The number of hydrogen-bond donors (Lipinski definition) is 3. The summed E-state index contributed by atoms with van der Waals surface area (Å²) in [5.74, 6) is 0.584. The van der Waals surface area contributed by atoms with Crippen LogP contribution in [0.3, 0.4) is 0 Å². The third kappa shape index (κ3) is 7.31. The van der Waals surface area contributed by atoms with E-state index < -0.39 is 9.84 Å². The van der Waals surface area contributed by atoms with Crippen LogP contribution < -0.4 is 16.0 Å². The molecule has 1 aromatic carbocycles. The van der Waals surface area contributed by atoms with Crippen molar-refractivity contribution < 1.29 is 13.2 Å². The molecule has 3 aromatic heterocycles. The largest absolute Gasteiger partial charge is 0.356 e. The number of carbonyl (C=O) groups excluding carboxylic acids is 1. The minimum absolute atomic E-state index is 0.176. The first-order valence-corrected chi connectivity index (χ1v) is 13.2. The number of aryl methyl sites for hydroxylation is 2. The Labute approximate surface area is 209 Å². The van der Waals surface area contributed by atoms with Crippen LogP contribution in [0.5, 0.6) is 0 Å². The molecule has 0 unspecified atom stereocenters. The van der Waals surface area contributed by atoms with Gasteiger partial charge in [0.15, 0.2) is 9.84 Å². The van der Waals surface area contributed by atoms with Gasteiger partial charge >= 0.3 is 0 Å². The molecule has 0 spiro atoms. The number of pyridine rings is 2. The Morgan fingerprint density at radius 3 is 2.42 bits per heavy atom. The van der Waals surface area contributed by atoms with Gasteiger partial charge in [-0.2, -0.15) is 0 Å². The Balaban J connectivity index is 1.35. The topological polar surface area (TPSA) is 139 Å². The molecule has 0 aliphatic rings. The van der Waals surface area contributed by atoms with Crippen LogP contribution in [-0.2, 0) is 22.7 Å². The summed E-state index contributed by atoms with van der Waals surface area (Å²) in [6.07, 6.45) is 8.84. The van der Waals surface area contributed by atoms with E-state index >= 15 is 0 Å². The fourth-order valence-corrected chi connectivity index (χ4v) is 3.72. The van der Waals surface area contributed by atoms with Crippen molar-refractivity contribution >= 4 is 38.9 Å². The molecule has 3 N–H and O–H groups in total. The van der Waals surface area contributed by atoms with Crippen molar-refractivity contribution in [3.05, 3.63) is 96.2 Å². The number of sulfone groups is 1. The molecule has 10 nitrogen and oxygen atoms in total. The Morgan fingerprint density at radius 2 is 1.67 bits per heavy atom. The lowest BCUT2D eigenvalue weighted by atomic mass is 10.1. The normalized spacial score (nSPS) is 11.0. The highest BCUT2D eigenvalue weighted by Gasteiger charge is 2.09. The summed E-state index contributed by atoms with van der Waals surface area (Å²) in [6.45, 7) is 0. The maximum Gasteiger partial charge on any atom is 0.257 e. The number of aromatic nitrogens is 4. The van der Waals surface area contributed by atoms with Crippen LogP contribution in [0.1, 0.15) is 21.6 Å². The zero-order valence-corrected chi connectivity index (χ0v) is 20.4. The van der Waals surface area contributed by atoms with E-state index in [1.807, 2.05) is 30.3 Å². The van der Waals surface area contributed by atoms with Crippen LogP contribution in [0.15, 0.2) is 79.4 Å². The molecule has 36 heavy (non-hydrogen) atoms. The summed E-state index contributed by atoms with van der Waals surface area (Å²) in [6, 6.07) is 16.2. The van der Waals surface area contributed by atoms with Crippen molar-refractivity contribution in [2.75, 3.05) is 28.1 Å². The van der Waals surface area contributed by atoms with Crippen LogP contribution >= 0.6 is 0 Å². The van der Waals surface area contributed by atoms with Gasteiger partial charge < -0.3 is 16.0 Å². The van der Waals surface area contributed by atoms with Crippen LogP contribution in [0.2, 0.25) is 0 Å². The molecular formula is C25H25N7O3S. The molecule has 0 saturated carbocycles. The van der Waals surface area contributed by atoms with Gasteiger partial charge in [0.05, 0.1) is 5.56 Å². The molecule has 3 heterocycles. The average Bonchev–Trinajstić information content (AvgIpc) is 2.88. The van der Waals surface area contributed by atoms with E-state index in [9.17, 15) is 13.2 Å². The fraction of sp³-hybridized carbons (Fsp3) is 0.160. The molecule has 4 aromatic rings. The van der Waals surface area contributed by atoms with Crippen LogP contribution in [-0.4, -0.2) is 46.4 Å². The molecule has 11 heteroatoms. The number of carbonyl (C=O) groups is 1.